The van der Waals surface area contributed by atoms with Crippen LogP contribution in [0.5, 0.6) is 0 Å². The fourth-order valence-electron chi connectivity index (χ4n) is 10.3. The van der Waals surface area contributed by atoms with Gasteiger partial charge in [0.05, 0.1) is 11.7 Å². The van der Waals surface area contributed by atoms with Crippen molar-refractivity contribution in [2.75, 3.05) is 0 Å². The van der Waals surface area contributed by atoms with Gasteiger partial charge in [-0.05, 0) is 106 Å². The average molecular weight is 461 g/mol. The highest BCUT2D eigenvalue weighted by Crippen LogP contribution is 2.70. The minimum atomic E-state index is -0.735. The van der Waals surface area contributed by atoms with E-state index < -0.39 is 11.4 Å². The number of hydrogen-bond donors (Lipinski definition) is 1. The number of fused-ring (bicyclic) bond motifs is 7. The Morgan fingerprint density at radius 1 is 0.818 bits per heavy atom. The van der Waals surface area contributed by atoms with Gasteiger partial charge in [0.1, 0.15) is 6.10 Å². The molecule has 5 aliphatic rings. The molecule has 0 unspecified atom stereocenters. The monoisotopic (exact) mass is 460 g/mol. The summed E-state index contributed by atoms with van der Waals surface area (Å²) in [6, 6.07) is 0. The molecule has 0 spiro atoms. The van der Waals surface area contributed by atoms with Gasteiger partial charge in [-0.25, -0.2) is 0 Å². The SMILES string of the molecule is CC(C)CCC[C@@H](C)[C@H]1CC[C@H]2[C@@H]3CC[C@@]4(O)[C@H]5OC(C)(C)O[C@@H]5CC[C@]4(C)[C@H]3CC[C@]12C. The van der Waals surface area contributed by atoms with E-state index in [1.54, 1.807) is 0 Å². The van der Waals surface area contributed by atoms with E-state index in [4.69, 9.17) is 9.47 Å². The van der Waals surface area contributed by atoms with Gasteiger partial charge in [0, 0.05) is 5.41 Å². The summed E-state index contributed by atoms with van der Waals surface area (Å²) in [7, 11) is 0. The lowest BCUT2D eigenvalue weighted by molar-refractivity contribution is -0.257. The summed E-state index contributed by atoms with van der Waals surface area (Å²) in [6.07, 6.45) is 13.8. The van der Waals surface area contributed by atoms with E-state index in [9.17, 15) is 5.11 Å². The molecule has 3 nitrogen and oxygen atoms in total. The topological polar surface area (TPSA) is 38.7 Å². The molecule has 0 aromatic rings. The Morgan fingerprint density at radius 3 is 2.30 bits per heavy atom. The third-order valence-electron chi connectivity index (χ3n) is 11.9. The summed E-state index contributed by atoms with van der Waals surface area (Å²) in [5.74, 6) is 4.29. The molecule has 4 aliphatic carbocycles. The molecule has 1 heterocycles. The first kappa shape index (κ1) is 24.6. The van der Waals surface area contributed by atoms with Crippen LogP contribution in [0, 0.1) is 46.3 Å². The van der Waals surface area contributed by atoms with Crippen molar-refractivity contribution in [1.82, 2.24) is 0 Å². The van der Waals surface area contributed by atoms with Crippen molar-refractivity contribution in [2.24, 2.45) is 46.3 Å². The van der Waals surface area contributed by atoms with Gasteiger partial charge in [0.25, 0.3) is 0 Å². The van der Waals surface area contributed by atoms with Crippen LogP contribution in [-0.2, 0) is 9.47 Å². The third kappa shape index (κ3) is 3.69. The van der Waals surface area contributed by atoms with Crippen molar-refractivity contribution in [2.45, 2.75) is 143 Å². The van der Waals surface area contributed by atoms with Crippen LogP contribution in [0.25, 0.3) is 0 Å². The van der Waals surface area contributed by atoms with Gasteiger partial charge in [0.2, 0.25) is 0 Å². The van der Waals surface area contributed by atoms with E-state index >= 15 is 0 Å². The van der Waals surface area contributed by atoms with Gasteiger partial charge in [0.15, 0.2) is 5.79 Å². The molecule has 5 fully saturated rings. The van der Waals surface area contributed by atoms with Crippen LogP contribution < -0.4 is 0 Å². The van der Waals surface area contributed by atoms with Crippen molar-refractivity contribution < 1.29 is 14.6 Å². The van der Waals surface area contributed by atoms with Gasteiger partial charge < -0.3 is 14.6 Å². The van der Waals surface area contributed by atoms with Crippen LogP contribution in [-0.4, -0.2) is 28.7 Å². The maximum atomic E-state index is 12.3. The zero-order chi connectivity index (χ0) is 23.8. The molecule has 0 bridgehead atoms. The quantitative estimate of drug-likeness (QED) is 0.466. The molecular weight excluding hydrogens is 408 g/mol. The Hall–Kier alpha value is -0.120. The normalized spacial score (nSPS) is 51.5. The van der Waals surface area contributed by atoms with E-state index in [-0.39, 0.29) is 17.6 Å². The number of hydrogen-bond acceptors (Lipinski definition) is 3. The summed E-state index contributed by atoms with van der Waals surface area (Å²) >= 11 is 0. The Morgan fingerprint density at radius 2 is 1.58 bits per heavy atom. The van der Waals surface area contributed by atoms with Crippen molar-refractivity contribution in [3.63, 3.8) is 0 Å². The minimum absolute atomic E-state index is 0.0385. The minimum Gasteiger partial charge on any atom is -0.386 e. The van der Waals surface area contributed by atoms with Gasteiger partial charge in [-0.3, -0.25) is 0 Å². The van der Waals surface area contributed by atoms with E-state index in [1.807, 2.05) is 13.8 Å². The highest BCUT2D eigenvalue weighted by molar-refractivity contribution is 5.18. The van der Waals surface area contributed by atoms with Crippen LogP contribution in [0.4, 0.5) is 0 Å². The Labute approximate surface area is 203 Å². The molecule has 5 rings (SSSR count). The Balaban J connectivity index is 1.34. The molecule has 0 aromatic carbocycles. The van der Waals surface area contributed by atoms with Crippen molar-refractivity contribution in [1.29, 1.82) is 0 Å². The van der Waals surface area contributed by atoms with Crippen LogP contribution in [0.3, 0.4) is 0 Å². The van der Waals surface area contributed by atoms with Crippen LogP contribution in [0.1, 0.15) is 119 Å². The summed E-state index contributed by atoms with van der Waals surface area (Å²) < 4.78 is 12.6. The standard InChI is InChI=1S/C30H52O3/c1-19(2)9-8-10-20(3)22-11-12-23-21-13-18-30(31)26-25(32-27(4,5)33-26)15-17-29(30,7)24(21)14-16-28(22,23)6/h19-26,31H,8-18H2,1-7H3/t20-,21+,22-,23+,24+,25-,26+,28-,29-,30-/m1/s1. The molecule has 4 saturated carbocycles. The number of ether oxygens (including phenoxy) is 2. The van der Waals surface area contributed by atoms with Crippen molar-refractivity contribution in [3.05, 3.63) is 0 Å². The Bertz CT molecular complexity index is 732. The van der Waals surface area contributed by atoms with Gasteiger partial charge >= 0.3 is 0 Å². The molecule has 190 valence electrons. The highest BCUT2D eigenvalue weighted by Gasteiger charge is 2.69. The maximum absolute atomic E-state index is 12.3. The van der Waals surface area contributed by atoms with Crippen LogP contribution >= 0.6 is 0 Å². The average Bonchev–Trinajstić information content (AvgIpc) is 3.25. The predicted molar refractivity (Wildman–Crippen MR) is 134 cm³/mol. The maximum Gasteiger partial charge on any atom is 0.163 e. The highest BCUT2D eigenvalue weighted by atomic mass is 16.8. The van der Waals surface area contributed by atoms with E-state index in [1.165, 1.54) is 51.4 Å². The molecule has 0 aromatic heterocycles. The molecule has 1 N–H and O–H groups in total. The summed E-state index contributed by atoms with van der Waals surface area (Å²) in [5.41, 5.74) is -0.264. The molecule has 1 saturated heterocycles. The lowest BCUT2D eigenvalue weighted by Gasteiger charge is -2.65. The zero-order valence-corrected chi connectivity index (χ0v) is 22.7. The number of rotatable bonds is 5. The molecular formula is C30H52O3. The predicted octanol–water partition coefficient (Wildman–Crippen LogP) is 7.35. The Kier molecular flexibility index (Phi) is 6.11. The van der Waals surface area contributed by atoms with Crippen molar-refractivity contribution >= 4 is 0 Å². The van der Waals surface area contributed by atoms with Gasteiger partial charge in [-0.1, -0.05) is 53.9 Å². The molecule has 3 heteroatoms. The largest absolute Gasteiger partial charge is 0.386 e. The molecule has 10 atom stereocenters. The zero-order valence-electron chi connectivity index (χ0n) is 22.7. The summed E-state index contributed by atoms with van der Waals surface area (Å²) in [6.45, 7) is 16.4. The first-order valence-corrected chi connectivity index (χ1v) is 14.5. The van der Waals surface area contributed by atoms with Crippen molar-refractivity contribution in [3.8, 4) is 0 Å². The molecule has 0 radical (unpaired) electrons. The van der Waals surface area contributed by atoms with E-state index in [0.29, 0.717) is 11.3 Å². The molecule has 33 heavy (non-hydrogen) atoms. The fraction of sp³-hybridized carbons (Fsp3) is 1.00. The smallest absolute Gasteiger partial charge is 0.163 e. The first-order valence-electron chi connectivity index (χ1n) is 14.5. The second-order valence-corrected chi connectivity index (χ2v) is 14.4. The second kappa shape index (κ2) is 8.20. The summed E-state index contributed by atoms with van der Waals surface area (Å²) in [4.78, 5) is 0. The van der Waals surface area contributed by atoms with Crippen LogP contribution in [0.2, 0.25) is 0 Å². The lowest BCUT2D eigenvalue weighted by Crippen LogP contribution is -2.68. The lowest BCUT2D eigenvalue weighted by atomic mass is 9.42. The van der Waals surface area contributed by atoms with E-state index in [2.05, 4.69) is 34.6 Å². The molecule has 1 aliphatic heterocycles. The van der Waals surface area contributed by atoms with Gasteiger partial charge in [-0.2, -0.15) is 0 Å². The third-order valence-corrected chi connectivity index (χ3v) is 11.9. The second-order valence-electron chi connectivity index (χ2n) is 14.4. The van der Waals surface area contributed by atoms with Gasteiger partial charge in [-0.15, -0.1) is 0 Å². The van der Waals surface area contributed by atoms with Crippen LogP contribution in [0.15, 0.2) is 0 Å². The number of aliphatic hydroxyl groups is 1. The summed E-state index contributed by atoms with van der Waals surface area (Å²) in [5, 5.41) is 12.3. The first-order chi connectivity index (χ1) is 15.4. The fourth-order valence-corrected chi connectivity index (χ4v) is 10.3. The van der Waals surface area contributed by atoms with E-state index in [0.717, 1.165) is 48.9 Å². The molecule has 0 amide bonds.